The summed E-state index contributed by atoms with van der Waals surface area (Å²) in [5, 5.41) is 0. The molecule has 0 aliphatic heterocycles. The van der Waals surface area contributed by atoms with E-state index >= 15 is 0 Å². The van der Waals surface area contributed by atoms with E-state index in [2.05, 4.69) is 4.98 Å². The van der Waals surface area contributed by atoms with Gasteiger partial charge >= 0.3 is 0 Å². The van der Waals surface area contributed by atoms with Crippen LogP contribution in [-0.2, 0) is 0 Å². The van der Waals surface area contributed by atoms with Gasteiger partial charge in [-0.15, -0.1) is 0 Å². The Bertz CT molecular complexity index is 450. The highest BCUT2D eigenvalue weighted by molar-refractivity contribution is 5.42. The van der Waals surface area contributed by atoms with Crippen molar-refractivity contribution in [3.63, 3.8) is 0 Å². The number of rotatable bonds is 1. The molecule has 1 aromatic heterocycles. The molecule has 0 N–H and O–H groups in total. The van der Waals surface area contributed by atoms with Crippen LogP contribution in [0, 0.1) is 0 Å². The Morgan fingerprint density at radius 3 is 2.78 bits per heavy atom. The quantitative estimate of drug-likeness (QED) is 0.570. The Labute approximate surface area is 69.2 Å². The maximum Gasteiger partial charge on any atom is 0.0841 e. The molecule has 0 radical (unpaired) electrons. The predicted molar refractivity (Wildman–Crippen MR) is 38.6 cm³/mol. The summed E-state index contributed by atoms with van der Waals surface area (Å²) in [6.07, 6.45) is -1.51. The van der Waals surface area contributed by atoms with E-state index in [0.717, 1.165) is 0 Å². The smallest absolute Gasteiger partial charge is 0.0841 e. The largest absolute Gasteiger partial charge is 0.378 e. The van der Waals surface area contributed by atoms with Crippen molar-refractivity contribution in [1.29, 1.82) is 0 Å². The van der Waals surface area contributed by atoms with E-state index in [-0.39, 0.29) is 4.90 Å². The zero-order chi connectivity index (χ0) is 15.2. The summed E-state index contributed by atoms with van der Waals surface area (Å²) in [6.45, 7) is -6.28. The highest BCUT2D eigenvalue weighted by Gasteiger charge is 1.88. The third-order valence-corrected chi connectivity index (χ3v) is 0.684. The Kier molecular flexibility index (Phi) is 0.329. The average molecular weight is 132 g/mol. The lowest BCUT2D eigenvalue weighted by molar-refractivity contribution is 1.12. The first kappa shape index (κ1) is 1.19. The van der Waals surface area contributed by atoms with Crippen LogP contribution in [0.15, 0.2) is 24.4 Å². The molecule has 0 aliphatic carbocycles. The fourth-order valence-electron chi connectivity index (χ4n) is 0.333. The van der Waals surface area contributed by atoms with Crippen molar-refractivity contribution in [1.82, 2.24) is 4.98 Å². The minimum absolute atomic E-state index is 0.0809. The van der Waals surface area contributed by atoms with E-state index < -0.39 is 44.1 Å². The number of pyridine rings is 1. The number of hydrogen-bond donors (Lipinski definition) is 0. The topological polar surface area (TPSA) is 16.1 Å². The fourth-order valence-corrected chi connectivity index (χ4v) is 0.333. The molecule has 0 saturated carbocycles. The van der Waals surface area contributed by atoms with Gasteiger partial charge in [0.2, 0.25) is 0 Å². The lowest BCUT2D eigenvalue weighted by atomic mass is 10.4. The Balaban J connectivity index is 3.66. The molecule has 0 amide bonds. The van der Waals surface area contributed by atoms with E-state index in [1.807, 2.05) is 0 Å². The van der Waals surface area contributed by atoms with Crippen molar-refractivity contribution in [3.8, 4) is 0 Å². The van der Waals surface area contributed by atoms with Crippen molar-refractivity contribution in [2.24, 2.45) is 0 Å². The lowest BCUT2D eigenvalue weighted by Gasteiger charge is -2.10. The molecular weight excluding hydrogens is 112 g/mol. The third kappa shape index (κ3) is 1.42. The summed E-state index contributed by atoms with van der Waals surface area (Å²) in [5.41, 5.74) is -0.815. The van der Waals surface area contributed by atoms with Crippen LogP contribution in [0.4, 0.5) is 5.69 Å². The van der Waals surface area contributed by atoms with Crippen molar-refractivity contribution >= 4 is 5.69 Å². The van der Waals surface area contributed by atoms with Crippen molar-refractivity contribution < 1.29 is 13.7 Å². The van der Waals surface area contributed by atoms with Crippen LogP contribution in [0.5, 0.6) is 0 Å². The predicted octanol–water partition coefficient (Wildman–Crippen LogP) is 1.15. The molecule has 0 saturated heterocycles. The van der Waals surface area contributed by atoms with Gasteiger partial charge in [0, 0.05) is 40.2 Å². The highest BCUT2D eigenvalue weighted by Crippen LogP contribution is 2.05. The number of nitrogens with zero attached hydrogens (tertiary/aromatic N) is 2. The van der Waals surface area contributed by atoms with Crippen LogP contribution in [0.3, 0.4) is 0 Å². The Hall–Kier alpha value is -1.05. The molecule has 1 aromatic rings. The minimum atomic E-state index is -3.14. The van der Waals surface area contributed by atoms with Crippen LogP contribution in [-0.4, -0.2) is 18.9 Å². The highest BCUT2D eigenvalue weighted by atomic mass is 15.1. The zero-order valence-electron chi connectivity index (χ0n) is 14.4. The maximum absolute atomic E-state index is 7.53. The second kappa shape index (κ2) is 2.49. The molecule has 0 bridgehead atoms. The summed E-state index contributed by atoms with van der Waals surface area (Å²) in [5.74, 6) is 0. The van der Waals surface area contributed by atoms with Gasteiger partial charge in [-0.3, -0.25) is 4.98 Å². The van der Waals surface area contributed by atoms with Gasteiger partial charge in [0.05, 0.1) is 5.48 Å². The van der Waals surface area contributed by atoms with Gasteiger partial charge in [0.15, 0.2) is 0 Å². The van der Waals surface area contributed by atoms with E-state index in [1.165, 1.54) is 0 Å². The molecule has 0 atom stereocenters. The molecule has 0 spiro atoms. The molecule has 1 heterocycles. The zero-order valence-corrected chi connectivity index (χ0v) is 4.39. The molecule has 2 nitrogen and oxygen atoms in total. The van der Waals surface area contributed by atoms with Crippen LogP contribution in [0.1, 0.15) is 13.7 Å². The summed E-state index contributed by atoms with van der Waals surface area (Å²) >= 11 is 0. The molecule has 48 valence electrons. The monoisotopic (exact) mass is 132 g/mol. The lowest BCUT2D eigenvalue weighted by Crippen LogP contribution is -2.07. The van der Waals surface area contributed by atoms with Crippen LogP contribution >= 0.6 is 0 Å². The normalized spacial score (nSPS) is 28.0. The van der Waals surface area contributed by atoms with Crippen molar-refractivity contribution in [2.45, 2.75) is 0 Å². The molecule has 9 heavy (non-hydrogen) atoms. The van der Waals surface area contributed by atoms with Gasteiger partial charge in [-0.25, -0.2) is 0 Å². The van der Waals surface area contributed by atoms with Gasteiger partial charge in [-0.1, -0.05) is 0 Å². The van der Waals surface area contributed by atoms with E-state index in [0.29, 0.717) is 0 Å². The number of anilines is 1. The first-order valence-electron chi connectivity index (χ1n) is 7.12. The second-order valence-electron chi connectivity index (χ2n) is 1.27. The van der Waals surface area contributed by atoms with Gasteiger partial charge in [-0.05, 0) is 12.1 Å². The standard InChI is InChI=1S/C7H10N2/c1-9(2)7-3-5-8-6-4-7/h3-6H,1-2H3/i1D3,2D3,3D,4D,5D,6D. The van der Waals surface area contributed by atoms with Crippen molar-refractivity contribution in [3.05, 3.63) is 24.4 Å². The van der Waals surface area contributed by atoms with E-state index in [1.54, 1.807) is 0 Å². The van der Waals surface area contributed by atoms with E-state index in [9.17, 15) is 0 Å². The second-order valence-corrected chi connectivity index (χ2v) is 1.27. The van der Waals surface area contributed by atoms with Crippen molar-refractivity contribution in [2.75, 3.05) is 18.9 Å². The fraction of sp³-hybridized carbons (Fsp3) is 0.286. The Morgan fingerprint density at radius 1 is 1.56 bits per heavy atom. The molecule has 0 unspecified atom stereocenters. The van der Waals surface area contributed by atoms with Gasteiger partial charge < -0.3 is 4.90 Å². The van der Waals surface area contributed by atoms with Crippen LogP contribution < -0.4 is 4.90 Å². The van der Waals surface area contributed by atoms with E-state index in [4.69, 9.17) is 13.7 Å². The summed E-state index contributed by atoms with van der Waals surface area (Å²) in [6, 6.07) is -1.62. The molecular formula is C7H10N2. The van der Waals surface area contributed by atoms with Gasteiger partial charge in [-0.2, -0.15) is 0 Å². The third-order valence-electron chi connectivity index (χ3n) is 0.684. The summed E-state index contributed by atoms with van der Waals surface area (Å²) in [4.78, 5) is 3.16. The molecule has 0 aromatic carbocycles. The first-order valence-corrected chi connectivity index (χ1v) is 2.12. The van der Waals surface area contributed by atoms with Crippen LogP contribution in [0.2, 0.25) is 0 Å². The average Bonchev–Trinajstić information content (AvgIpc) is 2.17. The summed E-state index contributed by atoms with van der Waals surface area (Å²) < 4.78 is 72.9. The first-order chi connectivity index (χ1) is 8.37. The number of hydrogen-bond acceptors (Lipinski definition) is 2. The van der Waals surface area contributed by atoms with Gasteiger partial charge in [0.25, 0.3) is 0 Å². The van der Waals surface area contributed by atoms with Gasteiger partial charge in [0.1, 0.15) is 0 Å². The molecule has 1 rings (SSSR count). The number of aromatic nitrogens is 1. The molecule has 2 heteroatoms. The molecule has 0 aliphatic rings. The Morgan fingerprint density at radius 2 is 2.22 bits per heavy atom. The molecule has 0 fully saturated rings. The maximum atomic E-state index is 7.53. The minimum Gasteiger partial charge on any atom is -0.378 e. The summed E-state index contributed by atoms with van der Waals surface area (Å²) in [7, 11) is 0. The SMILES string of the molecule is [2H]c1nc([2H])c([2H])c(N(C([2H])([2H])[2H])C([2H])([2H])[2H])c1[2H]. The van der Waals surface area contributed by atoms with Crippen LogP contribution in [0.25, 0.3) is 0 Å².